The number of aryl methyl sites for hydroxylation is 2. The van der Waals surface area contributed by atoms with Crippen LogP contribution in [0.2, 0.25) is 5.02 Å². The number of benzene rings is 1. The number of anilines is 3. The van der Waals surface area contributed by atoms with Gasteiger partial charge in [0, 0.05) is 96.1 Å². The third-order valence-electron chi connectivity index (χ3n) is 8.33. The standard InChI is InChI=1S/C36H39ClF2N10O5S/c1-40-19-24(8-9-29(50)42-25-18-27(47(2)20-25)33(52)41-13-16-49-14-11-36(38,39)12-15-49)44-32(51)22-4-6-23(7-5-22)43-35(54)31-45-28(21-48(31)3)46-34(53)30-26(37)10-17-55-30/h4-10,17-21,40H,11-16H2,1-3H3,(H,41,52)(H,42,50)(H,43,54)(H,44,51)(H,46,53)/b9-8+,24-19+. The van der Waals surface area contributed by atoms with E-state index < -0.39 is 29.6 Å². The molecule has 5 amide bonds. The number of carbonyl (C=O) groups excluding carboxylic acids is 5. The number of thiophene rings is 1. The Kier molecular flexibility index (Phi) is 13.2. The van der Waals surface area contributed by atoms with E-state index in [1.807, 2.05) is 4.90 Å². The van der Waals surface area contributed by atoms with Crippen molar-refractivity contribution in [2.45, 2.75) is 18.8 Å². The second-order valence-electron chi connectivity index (χ2n) is 12.5. The first kappa shape index (κ1) is 40.3. The smallest absolute Gasteiger partial charge is 0.291 e. The van der Waals surface area contributed by atoms with Gasteiger partial charge < -0.3 is 45.9 Å². The molecule has 19 heteroatoms. The van der Waals surface area contributed by atoms with Gasteiger partial charge in [0.1, 0.15) is 10.6 Å². The van der Waals surface area contributed by atoms with Crippen molar-refractivity contribution in [2.75, 3.05) is 49.2 Å². The maximum atomic E-state index is 13.4. The summed E-state index contributed by atoms with van der Waals surface area (Å²) in [5.74, 6) is -4.81. The third kappa shape index (κ3) is 11.1. The quantitative estimate of drug-likeness (QED) is 0.0801. The summed E-state index contributed by atoms with van der Waals surface area (Å²) in [7, 11) is 4.88. The maximum absolute atomic E-state index is 13.4. The molecule has 1 aliphatic rings. The van der Waals surface area contributed by atoms with Gasteiger partial charge in [-0.15, -0.1) is 11.3 Å². The van der Waals surface area contributed by atoms with E-state index in [9.17, 15) is 32.8 Å². The molecule has 0 bridgehead atoms. The van der Waals surface area contributed by atoms with Crippen LogP contribution in [-0.4, -0.2) is 87.7 Å². The van der Waals surface area contributed by atoms with E-state index in [2.05, 4.69) is 36.9 Å². The van der Waals surface area contributed by atoms with Gasteiger partial charge in [-0.25, -0.2) is 13.8 Å². The second-order valence-corrected chi connectivity index (χ2v) is 13.8. The first-order valence-corrected chi connectivity index (χ1v) is 18.2. The Morgan fingerprint density at radius 3 is 2.29 bits per heavy atom. The lowest BCUT2D eigenvalue weighted by Gasteiger charge is -2.31. The topological polar surface area (TPSA) is 184 Å². The second kappa shape index (κ2) is 18.0. The van der Waals surface area contributed by atoms with Gasteiger partial charge in [0.05, 0.1) is 16.4 Å². The molecular weight excluding hydrogens is 758 g/mol. The van der Waals surface area contributed by atoms with Crippen molar-refractivity contribution in [3.63, 3.8) is 0 Å². The molecule has 1 fully saturated rings. The zero-order chi connectivity index (χ0) is 39.7. The van der Waals surface area contributed by atoms with Crippen LogP contribution in [0.4, 0.5) is 26.0 Å². The summed E-state index contributed by atoms with van der Waals surface area (Å²) in [5, 5.41) is 18.3. The lowest BCUT2D eigenvalue weighted by Crippen LogP contribution is -2.43. The van der Waals surface area contributed by atoms with E-state index in [0.29, 0.717) is 33.5 Å². The molecule has 0 aliphatic carbocycles. The largest absolute Gasteiger partial charge is 0.392 e. The number of hydrogen-bond acceptors (Lipinski definition) is 9. The number of piperidine rings is 1. The molecule has 0 atom stereocenters. The van der Waals surface area contributed by atoms with Gasteiger partial charge in [0.15, 0.2) is 5.82 Å². The maximum Gasteiger partial charge on any atom is 0.291 e. The number of hydrogen-bond donors (Lipinski definition) is 6. The Labute approximate surface area is 323 Å². The summed E-state index contributed by atoms with van der Waals surface area (Å²) < 4.78 is 29.8. The molecule has 55 heavy (non-hydrogen) atoms. The number of nitrogens with zero attached hydrogens (tertiary/aromatic N) is 4. The van der Waals surface area contributed by atoms with Gasteiger partial charge in [0.25, 0.3) is 29.6 Å². The highest BCUT2D eigenvalue weighted by Gasteiger charge is 2.33. The first-order chi connectivity index (χ1) is 26.2. The molecule has 6 N–H and O–H groups in total. The van der Waals surface area contributed by atoms with Crippen molar-refractivity contribution in [1.29, 1.82) is 0 Å². The SMILES string of the molecule is CN/C=C(\C=C\C(=O)Nc1cc(C(=O)NCCN2CCC(F)(F)CC2)n(C)c1)NC(=O)c1ccc(NC(=O)c2nc(NC(=O)c3sccc3Cl)cn2C)cc1. The zero-order valence-electron chi connectivity index (χ0n) is 30.0. The van der Waals surface area contributed by atoms with Crippen molar-refractivity contribution in [3.05, 3.63) is 105 Å². The van der Waals surface area contributed by atoms with Crippen molar-refractivity contribution >= 4 is 69.7 Å². The number of rotatable bonds is 14. The minimum absolute atomic E-state index is 0.0315. The molecule has 0 unspecified atom stereocenters. The summed E-state index contributed by atoms with van der Waals surface area (Å²) >= 11 is 7.21. The van der Waals surface area contributed by atoms with Gasteiger partial charge >= 0.3 is 0 Å². The van der Waals surface area contributed by atoms with Crippen LogP contribution < -0.4 is 31.9 Å². The number of imidazole rings is 1. The van der Waals surface area contributed by atoms with Crippen LogP contribution in [0.5, 0.6) is 0 Å². The number of carbonyl (C=O) groups is 5. The van der Waals surface area contributed by atoms with Crippen LogP contribution in [0.15, 0.2) is 78.2 Å². The van der Waals surface area contributed by atoms with Crippen molar-refractivity contribution in [2.24, 2.45) is 14.1 Å². The number of allylic oxidation sites excluding steroid dienone is 1. The lowest BCUT2D eigenvalue weighted by molar-refractivity contribution is -0.111. The van der Waals surface area contributed by atoms with E-state index in [-0.39, 0.29) is 61.3 Å². The molecule has 1 aromatic carbocycles. The zero-order valence-corrected chi connectivity index (χ0v) is 31.6. The van der Waals surface area contributed by atoms with Gasteiger partial charge in [-0.05, 0) is 47.9 Å². The summed E-state index contributed by atoms with van der Waals surface area (Å²) in [6.07, 6.45) is 6.76. The molecule has 0 saturated carbocycles. The van der Waals surface area contributed by atoms with E-state index in [1.54, 1.807) is 43.4 Å². The Hall–Kier alpha value is -5.85. The molecule has 0 spiro atoms. The van der Waals surface area contributed by atoms with E-state index in [0.717, 1.165) is 0 Å². The third-order valence-corrected chi connectivity index (χ3v) is 9.67. The number of alkyl halides is 2. The minimum Gasteiger partial charge on any atom is -0.392 e. The normalized spacial score (nSPS) is 14.3. The van der Waals surface area contributed by atoms with E-state index in [1.165, 1.54) is 70.8 Å². The van der Waals surface area contributed by atoms with Crippen LogP contribution >= 0.6 is 22.9 Å². The highest BCUT2D eigenvalue weighted by atomic mass is 35.5. The minimum atomic E-state index is -2.63. The Morgan fingerprint density at radius 2 is 1.62 bits per heavy atom. The molecule has 1 aliphatic heterocycles. The molecule has 3 aromatic heterocycles. The average molecular weight is 797 g/mol. The number of halogens is 3. The predicted octanol–water partition coefficient (Wildman–Crippen LogP) is 4.42. The predicted molar refractivity (Wildman–Crippen MR) is 206 cm³/mol. The highest BCUT2D eigenvalue weighted by Crippen LogP contribution is 2.27. The Morgan fingerprint density at radius 1 is 0.891 bits per heavy atom. The lowest BCUT2D eigenvalue weighted by atomic mass is 10.1. The fourth-order valence-electron chi connectivity index (χ4n) is 5.47. The molecule has 1 saturated heterocycles. The summed E-state index contributed by atoms with van der Waals surface area (Å²) in [4.78, 5) is 70.3. The molecule has 5 rings (SSSR count). The van der Waals surface area contributed by atoms with Crippen LogP contribution in [0, 0.1) is 0 Å². The van der Waals surface area contributed by atoms with Gasteiger partial charge in [0.2, 0.25) is 11.7 Å². The van der Waals surface area contributed by atoms with Gasteiger partial charge in [-0.3, -0.25) is 24.0 Å². The van der Waals surface area contributed by atoms with E-state index in [4.69, 9.17) is 11.6 Å². The van der Waals surface area contributed by atoms with Gasteiger partial charge in [-0.1, -0.05) is 11.6 Å². The molecule has 15 nitrogen and oxygen atoms in total. The number of amides is 5. The fraction of sp³-hybridized carbons (Fsp3) is 0.278. The van der Waals surface area contributed by atoms with Crippen LogP contribution in [0.3, 0.4) is 0 Å². The molecule has 290 valence electrons. The van der Waals surface area contributed by atoms with Crippen molar-refractivity contribution in [3.8, 4) is 0 Å². The Balaban J connectivity index is 1.09. The number of nitrogens with one attached hydrogen (secondary N) is 6. The van der Waals surface area contributed by atoms with Gasteiger partial charge in [-0.2, -0.15) is 0 Å². The van der Waals surface area contributed by atoms with Crippen LogP contribution in [0.1, 0.15) is 54.0 Å². The van der Waals surface area contributed by atoms with E-state index >= 15 is 0 Å². The molecular formula is C36H39ClF2N10O5S. The number of likely N-dealkylation sites (tertiary alicyclic amines) is 1. The molecule has 4 heterocycles. The van der Waals surface area contributed by atoms with Crippen molar-refractivity contribution in [1.82, 2.24) is 35.0 Å². The summed E-state index contributed by atoms with van der Waals surface area (Å²) in [6, 6.07) is 9.20. The Bertz CT molecular complexity index is 2120. The fourth-order valence-corrected chi connectivity index (χ4v) is 6.51. The highest BCUT2D eigenvalue weighted by molar-refractivity contribution is 7.12. The van der Waals surface area contributed by atoms with Crippen LogP contribution in [0.25, 0.3) is 0 Å². The van der Waals surface area contributed by atoms with Crippen LogP contribution in [-0.2, 0) is 18.9 Å². The number of aromatic nitrogens is 3. The molecule has 0 radical (unpaired) electrons. The summed E-state index contributed by atoms with van der Waals surface area (Å²) in [5.41, 5.74) is 1.58. The summed E-state index contributed by atoms with van der Waals surface area (Å²) in [6.45, 7) is 1.29. The first-order valence-electron chi connectivity index (χ1n) is 16.9. The average Bonchev–Trinajstić information content (AvgIpc) is 3.85. The monoisotopic (exact) mass is 796 g/mol. The van der Waals surface area contributed by atoms with Crippen molar-refractivity contribution < 1.29 is 32.8 Å². The molecule has 4 aromatic rings.